The molecule has 0 aliphatic rings. The molecule has 0 spiro atoms. The molecule has 2 N–H and O–H groups in total. The second-order valence-electron chi connectivity index (χ2n) is 5.41. The van der Waals surface area contributed by atoms with E-state index < -0.39 is 4.92 Å². The lowest BCUT2D eigenvalue weighted by Crippen LogP contribution is -2.12. The summed E-state index contributed by atoms with van der Waals surface area (Å²) < 4.78 is 0. The number of rotatable bonds is 7. The summed E-state index contributed by atoms with van der Waals surface area (Å²) in [7, 11) is 0. The number of aromatic nitrogens is 1. The number of nitrogens with zero attached hydrogens (tertiary/aromatic N) is 3. The van der Waals surface area contributed by atoms with Crippen molar-refractivity contribution in [2.24, 2.45) is 5.10 Å². The van der Waals surface area contributed by atoms with Gasteiger partial charge >= 0.3 is 0 Å². The van der Waals surface area contributed by atoms with Crippen LogP contribution in [0.3, 0.4) is 0 Å². The predicted molar refractivity (Wildman–Crippen MR) is 102 cm³/mol. The third-order valence-electron chi connectivity index (χ3n) is 3.65. The van der Waals surface area contributed by atoms with Gasteiger partial charge in [-0.1, -0.05) is 48.5 Å². The lowest BCUT2D eigenvalue weighted by molar-refractivity contribution is -0.385. The van der Waals surface area contributed by atoms with E-state index in [2.05, 4.69) is 15.5 Å². The molecular formula is C18H16N4O3S. The molecule has 2 aromatic carbocycles. The highest BCUT2D eigenvalue weighted by molar-refractivity contribution is 7.14. The van der Waals surface area contributed by atoms with Gasteiger partial charge in [0, 0.05) is 29.0 Å². The monoisotopic (exact) mass is 368 g/mol. The fraction of sp³-hybridized carbons (Fsp3) is 0.111. The molecule has 0 radical (unpaired) electrons. The summed E-state index contributed by atoms with van der Waals surface area (Å²) in [4.78, 5) is 15.1. The van der Waals surface area contributed by atoms with Gasteiger partial charge in [-0.05, 0) is 0 Å². The first-order valence-corrected chi connectivity index (χ1v) is 8.71. The second-order valence-corrected chi connectivity index (χ2v) is 6.27. The molecule has 0 saturated heterocycles. The van der Waals surface area contributed by atoms with E-state index in [1.54, 1.807) is 18.2 Å². The van der Waals surface area contributed by atoms with E-state index in [0.717, 1.165) is 11.3 Å². The summed E-state index contributed by atoms with van der Waals surface area (Å²) in [6.45, 7) is -0.310. The zero-order valence-electron chi connectivity index (χ0n) is 13.7. The van der Waals surface area contributed by atoms with Gasteiger partial charge in [-0.3, -0.25) is 15.5 Å². The van der Waals surface area contributed by atoms with Crippen molar-refractivity contribution in [1.82, 2.24) is 4.98 Å². The molecule has 0 saturated carbocycles. The third kappa shape index (κ3) is 4.29. The topological polar surface area (TPSA) is 101 Å². The lowest BCUT2D eigenvalue weighted by Gasteiger charge is -2.05. The number of para-hydroxylation sites is 1. The summed E-state index contributed by atoms with van der Waals surface area (Å²) in [5, 5.41) is 27.3. The number of hydrogen-bond donors (Lipinski definition) is 2. The van der Waals surface area contributed by atoms with E-state index in [-0.39, 0.29) is 18.7 Å². The number of aliphatic hydroxyl groups excluding tert-OH is 1. The van der Waals surface area contributed by atoms with Crippen molar-refractivity contribution in [2.75, 3.05) is 12.0 Å². The molecule has 0 aliphatic heterocycles. The number of thiazole rings is 1. The summed E-state index contributed by atoms with van der Waals surface area (Å²) >= 11 is 1.39. The quantitative estimate of drug-likeness (QED) is 0.376. The van der Waals surface area contributed by atoms with Crippen LogP contribution in [0.15, 0.2) is 65.1 Å². The Kier molecular flexibility index (Phi) is 5.67. The minimum Gasteiger partial charge on any atom is -0.390 e. The highest BCUT2D eigenvalue weighted by atomic mass is 32.1. The van der Waals surface area contributed by atoms with Crippen LogP contribution in [0.2, 0.25) is 0 Å². The summed E-state index contributed by atoms with van der Waals surface area (Å²) in [5.74, 6) is 0. The SMILES string of the molecule is O=[N+]([O-])c1ccccc1C/C(CO)=N\Nc1nc(-c2ccccc2)cs1. The van der Waals surface area contributed by atoms with Crippen molar-refractivity contribution in [3.05, 3.63) is 75.7 Å². The first-order chi connectivity index (χ1) is 12.7. The van der Waals surface area contributed by atoms with Gasteiger partial charge in [0.25, 0.3) is 5.69 Å². The molecule has 7 nitrogen and oxygen atoms in total. The molecule has 0 aliphatic carbocycles. The molecule has 8 heteroatoms. The Morgan fingerprint density at radius 2 is 1.92 bits per heavy atom. The van der Waals surface area contributed by atoms with Crippen molar-refractivity contribution >= 4 is 27.9 Å². The molecular weight excluding hydrogens is 352 g/mol. The second kappa shape index (κ2) is 8.32. The average molecular weight is 368 g/mol. The number of benzene rings is 2. The number of nitro benzene ring substituents is 1. The molecule has 1 aromatic heterocycles. The minimum atomic E-state index is -0.440. The Hall–Kier alpha value is -3.10. The maximum Gasteiger partial charge on any atom is 0.272 e. The van der Waals surface area contributed by atoms with Gasteiger partial charge in [-0.2, -0.15) is 5.10 Å². The number of hydrogen-bond acceptors (Lipinski definition) is 7. The van der Waals surface area contributed by atoms with Crippen LogP contribution >= 0.6 is 11.3 Å². The number of anilines is 1. The molecule has 0 bridgehead atoms. The van der Waals surface area contributed by atoms with Gasteiger partial charge < -0.3 is 5.11 Å². The first-order valence-electron chi connectivity index (χ1n) is 7.83. The largest absolute Gasteiger partial charge is 0.390 e. The fourth-order valence-electron chi connectivity index (χ4n) is 2.38. The number of nitro groups is 1. The highest BCUT2D eigenvalue weighted by Crippen LogP contribution is 2.24. The Bertz CT molecular complexity index is 925. The average Bonchev–Trinajstić information content (AvgIpc) is 3.15. The van der Waals surface area contributed by atoms with Crippen LogP contribution < -0.4 is 5.43 Å². The van der Waals surface area contributed by atoms with Gasteiger partial charge in [0.1, 0.15) is 0 Å². The Labute approximate surface area is 153 Å². The van der Waals surface area contributed by atoms with Crippen molar-refractivity contribution in [3.8, 4) is 11.3 Å². The minimum absolute atomic E-state index is 0.00858. The zero-order chi connectivity index (χ0) is 18.4. The predicted octanol–water partition coefficient (Wildman–Crippen LogP) is 3.72. The number of aliphatic hydroxyl groups is 1. The van der Waals surface area contributed by atoms with Crippen LogP contribution in [0.1, 0.15) is 5.56 Å². The molecule has 0 fully saturated rings. The molecule has 1 heterocycles. The molecule has 3 rings (SSSR count). The third-order valence-corrected chi connectivity index (χ3v) is 4.40. The zero-order valence-corrected chi connectivity index (χ0v) is 14.5. The smallest absolute Gasteiger partial charge is 0.272 e. The number of nitrogens with one attached hydrogen (secondary N) is 1. The number of hydrazone groups is 1. The van der Waals surface area contributed by atoms with E-state index >= 15 is 0 Å². The molecule has 3 aromatic rings. The normalized spacial score (nSPS) is 11.3. The van der Waals surface area contributed by atoms with Crippen molar-refractivity contribution < 1.29 is 10.0 Å². The lowest BCUT2D eigenvalue weighted by atomic mass is 10.1. The van der Waals surface area contributed by atoms with Crippen LogP contribution in [-0.2, 0) is 6.42 Å². The standard InChI is InChI=1S/C18H16N4O3S/c23-11-15(10-14-8-4-5-9-17(14)22(24)25)20-21-18-19-16(12-26-18)13-6-2-1-3-7-13/h1-9,12,23H,10-11H2,(H,19,21)/b20-15+. The van der Waals surface area contributed by atoms with E-state index in [0.29, 0.717) is 16.4 Å². The first kappa shape index (κ1) is 17.7. The van der Waals surface area contributed by atoms with Crippen molar-refractivity contribution in [2.45, 2.75) is 6.42 Å². The molecule has 0 amide bonds. The van der Waals surface area contributed by atoms with E-state index in [1.165, 1.54) is 17.4 Å². The van der Waals surface area contributed by atoms with Crippen LogP contribution in [0.25, 0.3) is 11.3 Å². The van der Waals surface area contributed by atoms with Crippen molar-refractivity contribution in [3.63, 3.8) is 0 Å². The summed E-state index contributed by atoms with van der Waals surface area (Å²) in [6.07, 6.45) is 0.178. The van der Waals surface area contributed by atoms with Gasteiger partial charge in [-0.25, -0.2) is 4.98 Å². The maximum atomic E-state index is 11.1. The van der Waals surface area contributed by atoms with Crippen LogP contribution in [0.4, 0.5) is 10.8 Å². The van der Waals surface area contributed by atoms with E-state index in [1.807, 2.05) is 35.7 Å². The fourth-order valence-corrected chi connectivity index (χ4v) is 3.04. The maximum absolute atomic E-state index is 11.1. The van der Waals surface area contributed by atoms with Gasteiger partial charge in [0.05, 0.1) is 22.9 Å². The van der Waals surface area contributed by atoms with E-state index in [9.17, 15) is 15.2 Å². The Morgan fingerprint density at radius 1 is 1.19 bits per heavy atom. The van der Waals surface area contributed by atoms with Gasteiger partial charge in [0.2, 0.25) is 5.13 Å². The summed E-state index contributed by atoms with van der Waals surface area (Å²) in [5.41, 5.74) is 5.54. The van der Waals surface area contributed by atoms with Crippen molar-refractivity contribution in [1.29, 1.82) is 0 Å². The molecule has 0 unspecified atom stereocenters. The Morgan fingerprint density at radius 3 is 2.65 bits per heavy atom. The van der Waals surface area contributed by atoms with Gasteiger partial charge in [-0.15, -0.1) is 11.3 Å². The molecule has 0 atom stereocenters. The van der Waals surface area contributed by atoms with E-state index in [4.69, 9.17) is 0 Å². The Balaban J connectivity index is 1.73. The van der Waals surface area contributed by atoms with Crippen LogP contribution in [0.5, 0.6) is 0 Å². The van der Waals surface area contributed by atoms with Gasteiger partial charge in [0.15, 0.2) is 0 Å². The molecule has 132 valence electrons. The highest BCUT2D eigenvalue weighted by Gasteiger charge is 2.14. The van der Waals surface area contributed by atoms with Crippen LogP contribution in [0, 0.1) is 10.1 Å². The summed E-state index contributed by atoms with van der Waals surface area (Å²) in [6, 6.07) is 16.2. The van der Waals surface area contributed by atoms with Crippen LogP contribution in [-0.4, -0.2) is 27.3 Å². The molecule has 26 heavy (non-hydrogen) atoms.